The van der Waals surface area contributed by atoms with Crippen LogP contribution < -0.4 is 4.90 Å². The number of benzene rings is 3. The van der Waals surface area contributed by atoms with E-state index < -0.39 is 5.41 Å². The van der Waals surface area contributed by atoms with Gasteiger partial charge in [0.05, 0.1) is 19.8 Å². The summed E-state index contributed by atoms with van der Waals surface area (Å²) in [6.45, 7) is 9.11. The molecular weight excluding hydrogens is 442 g/mol. The first kappa shape index (κ1) is 24.8. The number of carbonyl (C=O) groups excluding carboxylic acids is 1. The van der Waals surface area contributed by atoms with Crippen molar-refractivity contribution in [2.75, 3.05) is 38.4 Å². The predicted molar refractivity (Wildman–Crippen MR) is 137 cm³/mol. The molecule has 0 bridgehead atoms. The van der Waals surface area contributed by atoms with Crippen LogP contribution >= 0.6 is 0 Å². The Kier molecular flexibility index (Phi) is 6.88. The van der Waals surface area contributed by atoms with Gasteiger partial charge in [-0.1, -0.05) is 42.5 Å². The largest absolute Gasteiger partial charge is 0.507 e. The van der Waals surface area contributed by atoms with Crippen molar-refractivity contribution in [2.45, 2.75) is 33.1 Å². The number of ether oxygens (including phenoxy) is 2. The molecule has 1 amide bonds. The third-order valence-corrected chi connectivity index (χ3v) is 6.90. The summed E-state index contributed by atoms with van der Waals surface area (Å²) in [5, 5.41) is 21.0. The Bertz CT molecular complexity index is 1160. The molecule has 2 N–H and O–H groups in total. The lowest BCUT2D eigenvalue weighted by atomic mass is 9.69. The molecule has 3 aromatic rings. The van der Waals surface area contributed by atoms with Gasteiger partial charge in [-0.15, -0.1) is 0 Å². The second kappa shape index (κ2) is 9.72. The second-order valence-corrected chi connectivity index (χ2v) is 9.25. The number of methoxy groups -OCH3 is 1. The van der Waals surface area contributed by atoms with Crippen LogP contribution in [0.2, 0.25) is 0 Å². The molecule has 0 saturated heterocycles. The van der Waals surface area contributed by atoms with Crippen LogP contribution in [0.15, 0.2) is 48.5 Å². The molecule has 0 fully saturated rings. The third kappa shape index (κ3) is 4.07. The number of aromatic hydroxyl groups is 2. The average molecular weight is 476 g/mol. The van der Waals surface area contributed by atoms with Gasteiger partial charge in [0.15, 0.2) is 0 Å². The molecule has 0 unspecified atom stereocenters. The molecule has 1 aliphatic rings. The van der Waals surface area contributed by atoms with Crippen LogP contribution in [0.1, 0.15) is 38.9 Å². The van der Waals surface area contributed by atoms with Crippen LogP contribution in [0, 0.1) is 27.7 Å². The normalized spacial score (nSPS) is 14.4. The zero-order valence-corrected chi connectivity index (χ0v) is 21.0. The minimum Gasteiger partial charge on any atom is -0.507 e. The van der Waals surface area contributed by atoms with Crippen molar-refractivity contribution >= 4 is 11.6 Å². The van der Waals surface area contributed by atoms with E-state index in [1.165, 1.54) is 0 Å². The molecule has 1 heterocycles. The Balaban J connectivity index is 1.96. The van der Waals surface area contributed by atoms with E-state index in [9.17, 15) is 15.0 Å². The number of rotatable bonds is 8. The number of aryl methyl sites for hydroxylation is 4. The number of phenols is 2. The summed E-state index contributed by atoms with van der Waals surface area (Å²) in [5.41, 5.74) is 4.98. The minimum atomic E-state index is -1.13. The predicted octanol–water partition coefficient (Wildman–Crippen LogP) is 4.68. The quantitative estimate of drug-likeness (QED) is 0.463. The second-order valence-electron chi connectivity index (χ2n) is 9.25. The monoisotopic (exact) mass is 475 g/mol. The van der Waals surface area contributed by atoms with Gasteiger partial charge in [0.2, 0.25) is 5.91 Å². The van der Waals surface area contributed by atoms with Gasteiger partial charge in [-0.2, -0.15) is 0 Å². The van der Waals surface area contributed by atoms with Crippen molar-refractivity contribution < 1.29 is 24.5 Å². The van der Waals surface area contributed by atoms with Crippen molar-refractivity contribution in [3.05, 3.63) is 87.5 Å². The van der Waals surface area contributed by atoms with Crippen molar-refractivity contribution in [1.29, 1.82) is 0 Å². The highest BCUT2D eigenvalue weighted by molar-refractivity contribution is 6.13. The highest BCUT2D eigenvalue weighted by Crippen LogP contribution is 2.52. The molecule has 0 aliphatic carbocycles. The van der Waals surface area contributed by atoms with Gasteiger partial charge in [-0.05, 0) is 67.1 Å². The molecule has 35 heavy (non-hydrogen) atoms. The Morgan fingerprint density at radius 3 is 1.83 bits per heavy atom. The Morgan fingerprint density at radius 1 is 0.800 bits per heavy atom. The van der Waals surface area contributed by atoms with E-state index in [0.29, 0.717) is 48.6 Å². The average Bonchev–Trinajstić information content (AvgIpc) is 3.08. The van der Waals surface area contributed by atoms with Crippen LogP contribution in [0.3, 0.4) is 0 Å². The topological polar surface area (TPSA) is 79.2 Å². The Morgan fingerprint density at radius 2 is 1.31 bits per heavy atom. The van der Waals surface area contributed by atoms with Crippen molar-refractivity contribution in [2.24, 2.45) is 0 Å². The first-order valence-corrected chi connectivity index (χ1v) is 11.8. The van der Waals surface area contributed by atoms with Crippen molar-refractivity contribution in [3.63, 3.8) is 0 Å². The molecule has 6 nitrogen and oxygen atoms in total. The van der Waals surface area contributed by atoms with Gasteiger partial charge in [0.25, 0.3) is 0 Å². The van der Waals surface area contributed by atoms with Crippen LogP contribution in [0.4, 0.5) is 5.69 Å². The van der Waals surface area contributed by atoms with E-state index in [2.05, 4.69) is 0 Å². The first-order valence-electron chi connectivity index (χ1n) is 11.8. The fraction of sp³-hybridized carbons (Fsp3) is 0.345. The maximum Gasteiger partial charge on any atom is 0.246 e. The van der Waals surface area contributed by atoms with Crippen molar-refractivity contribution in [1.82, 2.24) is 0 Å². The molecule has 1 aliphatic heterocycles. The highest BCUT2D eigenvalue weighted by Gasteiger charge is 2.53. The van der Waals surface area contributed by atoms with Gasteiger partial charge in [0, 0.05) is 24.9 Å². The molecule has 4 rings (SSSR count). The smallest absolute Gasteiger partial charge is 0.246 e. The SMILES string of the molecule is COCCOCCN1C(=O)C(c2cc(C)c(O)c(C)c2)(c2cc(C)c(O)c(C)c2)c2ccccc21. The first-order chi connectivity index (χ1) is 16.7. The molecule has 0 radical (unpaired) electrons. The lowest BCUT2D eigenvalue weighted by Gasteiger charge is -2.32. The summed E-state index contributed by atoms with van der Waals surface area (Å²) >= 11 is 0. The maximum atomic E-state index is 14.5. The van der Waals surface area contributed by atoms with Gasteiger partial charge in [-0.25, -0.2) is 0 Å². The Hall–Kier alpha value is -3.35. The summed E-state index contributed by atoms with van der Waals surface area (Å²) in [4.78, 5) is 16.3. The summed E-state index contributed by atoms with van der Waals surface area (Å²) in [6, 6.07) is 15.4. The van der Waals surface area contributed by atoms with Crippen molar-refractivity contribution in [3.8, 4) is 11.5 Å². The molecule has 0 atom stereocenters. The zero-order chi connectivity index (χ0) is 25.3. The van der Waals surface area contributed by atoms with Gasteiger partial charge >= 0.3 is 0 Å². The van der Waals surface area contributed by atoms with E-state index in [0.717, 1.165) is 22.4 Å². The number of hydrogen-bond acceptors (Lipinski definition) is 5. The molecule has 6 heteroatoms. The van der Waals surface area contributed by atoms with Crippen LogP contribution in [0.5, 0.6) is 11.5 Å². The lowest BCUT2D eigenvalue weighted by molar-refractivity contribution is -0.120. The fourth-order valence-corrected chi connectivity index (χ4v) is 5.14. The van der Waals surface area contributed by atoms with E-state index in [1.54, 1.807) is 12.0 Å². The highest BCUT2D eigenvalue weighted by atomic mass is 16.5. The number of fused-ring (bicyclic) bond motifs is 1. The van der Waals surface area contributed by atoms with E-state index in [4.69, 9.17) is 9.47 Å². The molecule has 0 saturated carbocycles. The lowest BCUT2D eigenvalue weighted by Crippen LogP contribution is -2.43. The summed E-state index contributed by atoms with van der Waals surface area (Å²) in [5.74, 6) is 0.371. The van der Waals surface area contributed by atoms with Crippen LogP contribution in [-0.4, -0.2) is 49.6 Å². The van der Waals surface area contributed by atoms with Crippen LogP contribution in [0.25, 0.3) is 0 Å². The van der Waals surface area contributed by atoms with Crippen LogP contribution in [-0.2, 0) is 19.7 Å². The number of hydrogen-bond donors (Lipinski definition) is 2. The third-order valence-electron chi connectivity index (χ3n) is 6.90. The summed E-state index contributed by atoms with van der Waals surface area (Å²) < 4.78 is 10.8. The Labute approximate surface area is 206 Å². The molecule has 3 aromatic carbocycles. The number of carbonyl (C=O) groups is 1. The minimum absolute atomic E-state index is 0.0805. The number of nitrogens with zero attached hydrogens (tertiary/aromatic N) is 1. The summed E-state index contributed by atoms with van der Waals surface area (Å²) in [6.07, 6.45) is 0. The molecule has 0 spiro atoms. The van der Waals surface area contributed by atoms with E-state index in [1.807, 2.05) is 76.2 Å². The summed E-state index contributed by atoms with van der Waals surface area (Å²) in [7, 11) is 1.63. The molecular formula is C29H33NO5. The number of para-hydroxylation sites is 1. The van der Waals surface area contributed by atoms with E-state index >= 15 is 0 Å². The number of phenolic OH excluding ortho intramolecular Hbond substituents is 2. The van der Waals surface area contributed by atoms with Gasteiger partial charge in [-0.3, -0.25) is 4.79 Å². The standard InChI is InChI=1S/C29H33NO5/c1-18-14-22(15-19(2)26(18)31)29(23-16-20(3)27(32)21(4)17-23)24-8-6-7-9-25(24)30(28(29)33)10-11-35-13-12-34-5/h6-9,14-17,31-32H,10-13H2,1-5H3. The van der Waals surface area contributed by atoms with E-state index in [-0.39, 0.29) is 17.4 Å². The molecule has 0 aromatic heterocycles. The molecule has 184 valence electrons. The number of anilines is 1. The van der Waals surface area contributed by atoms with Gasteiger partial charge in [0.1, 0.15) is 16.9 Å². The zero-order valence-electron chi connectivity index (χ0n) is 21.0. The fourth-order valence-electron chi connectivity index (χ4n) is 5.14. The number of amides is 1. The van der Waals surface area contributed by atoms with Gasteiger partial charge < -0.3 is 24.6 Å². The maximum absolute atomic E-state index is 14.5.